The monoisotopic (exact) mass is 316 g/mol. The molecule has 0 aromatic heterocycles. The zero-order chi connectivity index (χ0) is 14.5. The molecule has 6 heteroatoms. The number of piperidine rings is 1. The lowest BCUT2D eigenvalue weighted by Gasteiger charge is -2.34. The predicted octanol–water partition coefficient (Wildman–Crippen LogP) is 3.05. The highest BCUT2D eigenvalue weighted by Gasteiger charge is 2.25. The zero-order valence-corrected chi connectivity index (χ0v) is 12.6. The van der Waals surface area contributed by atoms with Crippen LogP contribution in [0.5, 0.6) is 0 Å². The third-order valence-corrected chi connectivity index (χ3v) is 4.27. The van der Waals surface area contributed by atoms with E-state index in [1.165, 1.54) is 0 Å². The number of benzene rings is 1. The largest absolute Gasteiger partial charge is 0.394 e. The van der Waals surface area contributed by atoms with E-state index in [1.54, 1.807) is 17.0 Å². The Balaban J connectivity index is 1.92. The first kappa shape index (κ1) is 15.4. The average Bonchev–Trinajstić information content (AvgIpc) is 2.48. The maximum atomic E-state index is 12.1. The Labute approximate surface area is 128 Å². The molecule has 1 saturated heterocycles. The first-order chi connectivity index (χ1) is 9.61. The summed E-state index contributed by atoms with van der Waals surface area (Å²) in [5.41, 5.74) is 0.894. The van der Waals surface area contributed by atoms with E-state index in [0.29, 0.717) is 23.1 Å². The average molecular weight is 317 g/mol. The van der Waals surface area contributed by atoms with Gasteiger partial charge in [0.1, 0.15) is 0 Å². The highest BCUT2D eigenvalue weighted by Crippen LogP contribution is 2.22. The first-order valence-electron chi connectivity index (χ1n) is 6.71. The van der Waals surface area contributed by atoms with Gasteiger partial charge in [-0.15, -0.1) is 0 Å². The third-order valence-electron chi connectivity index (χ3n) is 3.53. The van der Waals surface area contributed by atoms with Crippen molar-refractivity contribution in [2.24, 2.45) is 0 Å². The molecule has 1 atom stereocenters. The minimum atomic E-state index is -0.144. The summed E-state index contributed by atoms with van der Waals surface area (Å²) in [5, 5.41) is 13.1. The van der Waals surface area contributed by atoms with Crippen LogP contribution in [-0.4, -0.2) is 35.2 Å². The van der Waals surface area contributed by atoms with E-state index < -0.39 is 0 Å². The number of rotatable bonds is 3. The van der Waals surface area contributed by atoms with Gasteiger partial charge < -0.3 is 15.3 Å². The molecule has 0 bridgehead atoms. The second-order valence-electron chi connectivity index (χ2n) is 4.93. The molecule has 1 aliphatic rings. The van der Waals surface area contributed by atoms with Crippen LogP contribution in [0.15, 0.2) is 18.2 Å². The molecule has 0 unspecified atom stereocenters. The molecule has 2 N–H and O–H groups in total. The lowest BCUT2D eigenvalue weighted by Crippen LogP contribution is -2.49. The number of carbonyl (C=O) groups is 1. The number of hydrogen-bond donors (Lipinski definition) is 2. The fourth-order valence-electron chi connectivity index (χ4n) is 2.39. The second-order valence-corrected chi connectivity index (χ2v) is 5.75. The van der Waals surface area contributed by atoms with Crippen LogP contribution in [0.2, 0.25) is 10.0 Å². The molecular formula is C14H18Cl2N2O2. The maximum Gasteiger partial charge on any atom is 0.317 e. The van der Waals surface area contributed by atoms with Crippen molar-refractivity contribution in [1.82, 2.24) is 10.2 Å². The molecule has 2 rings (SSSR count). The Morgan fingerprint density at radius 3 is 2.85 bits per heavy atom. The Bertz CT molecular complexity index is 482. The fourth-order valence-corrected chi connectivity index (χ4v) is 2.71. The normalized spacial score (nSPS) is 18.9. The van der Waals surface area contributed by atoms with Gasteiger partial charge in [0, 0.05) is 13.1 Å². The van der Waals surface area contributed by atoms with E-state index in [4.69, 9.17) is 23.2 Å². The highest BCUT2D eigenvalue weighted by atomic mass is 35.5. The second kappa shape index (κ2) is 7.16. The van der Waals surface area contributed by atoms with Gasteiger partial charge in [0.05, 0.1) is 22.7 Å². The molecule has 1 heterocycles. The van der Waals surface area contributed by atoms with Crippen molar-refractivity contribution < 1.29 is 9.90 Å². The van der Waals surface area contributed by atoms with E-state index in [2.05, 4.69) is 5.32 Å². The number of amides is 2. The minimum Gasteiger partial charge on any atom is -0.394 e. The molecule has 1 aromatic rings. The van der Waals surface area contributed by atoms with Gasteiger partial charge in [0.2, 0.25) is 0 Å². The van der Waals surface area contributed by atoms with E-state index in [1.807, 2.05) is 6.07 Å². The molecule has 0 saturated carbocycles. The molecule has 1 fully saturated rings. The van der Waals surface area contributed by atoms with E-state index in [-0.39, 0.29) is 18.7 Å². The van der Waals surface area contributed by atoms with Crippen LogP contribution in [0.25, 0.3) is 0 Å². The first-order valence-corrected chi connectivity index (χ1v) is 7.46. The van der Waals surface area contributed by atoms with Gasteiger partial charge in [0.25, 0.3) is 0 Å². The molecule has 4 nitrogen and oxygen atoms in total. The minimum absolute atomic E-state index is 0.0141. The number of hydrogen-bond acceptors (Lipinski definition) is 2. The molecule has 0 aliphatic carbocycles. The summed E-state index contributed by atoms with van der Waals surface area (Å²) in [7, 11) is 0. The Morgan fingerprint density at radius 2 is 2.15 bits per heavy atom. The third kappa shape index (κ3) is 3.78. The number of aliphatic hydroxyl groups excluding tert-OH is 1. The molecule has 2 amide bonds. The van der Waals surface area contributed by atoms with Crippen molar-refractivity contribution in [1.29, 1.82) is 0 Å². The van der Waals surface area contributed by atoms with Crippen LogP contribution in [0, 0.1) is 0 Å². The van der Waals surface area contributed by atoms with Gasteiger partial charge in [-0.25, -0.2) is 4.79 Å². The smallest absolute Gasteiger partial charge is 0.317 e. The highest BCUT2D eigenvalue weighted by molar-refractivity contribution is 6.42. The van der Waals surface area contributed by atoms with Crippen molar-refractivity contribution in [3.63, 3.8) is 0 Å². The molecule has 0 spiro atoms. The predicted molar refractivity (Wildman–Crippen MR) is 80.1 cm³/mol. The van der Waals surface area contributed by atoms with E-state index >= 15 is 0 Å². The Hall–Kier alpha value is -0.970. The van der Waals surface area contributed by atoms with Crippen molar-refractivity contribution in [2.45, 2.75) is 31.8 Å². The topological polar surface area (TPSA) is 52.6 Å². The van der Waals surface area contributed by atoms with Crippen molar-refractivity contribution in [3.05, 3.63) is 33.8 Å². The summed E-state index contributed by atoms with van der Waals surface area (Å²) in [6, 6.07) is 5.06. The number of aliphatic hydroxyl groups is 1. The van der Waals surface area contributed by atoms with Crippen LogP contribution in [0.3, 0.4) is 0 Å². The van der Waals surface area contributed by atoms with Gasteiger partial charge in [-0.3, -0.25) is 0 Å². The van der Waals surface area contributed by atoms with Gasteiger partial charge in [0.15, 0.2) is 0 Å². The van der Waals surface area contributed by atoms with E-state index in [9.17, 15) is 9.90 Å². The van der Waals surface area contributed by atoms with Crippen LogP contribution in [-0.2, 0) is 6.54 Å². The van der Waals surface area contributed by atoms with Crippen LogP contribution in [0.4, 0.5) is 4.79 Å². The number of urea groups is 1. The zero-order valence-electron chi connectivity index (χ0n) is 11.1. The SMILES string of the molecule is O=C(NCc1ccc(Cl)c(Cl)c1)N1CCCC[C@H]1CO. The van der Waals surface area contributed by atoms with Gasteiger partial charge in [-0.1, -0.05) is 29.3 Å². The van der Waals surface area contributed by atoms with Gasteiger partial charge in [-0.2, -0.15) is 0 Å². The fraction of sp³-hybridized carbons (Fsp3) is 0.500. The number of halogens is 2. The van der Waals surface area contributed by atoms with Gasteiger partial charge >= 0.3 is 6.03 Å². The molecule has 20 heavy (non-hydrogen) atoms. The number of nitrogens with zero attached hydrogens (tertiary/aromatic N) is 1. The summed E-state index contributed by atoms with van der Waals surface area (Å²) in [5.74, 6) is 0. The van der Waals surface area contributed by atoms with Crippen molar-refractivity contribution in [2.75, 3.05) is 13.2 Å². The molecule has 1 aromatic carbocycles. The summed E-state index contributed by atoms with van der Waals surface area (Å²) in [4.78, 5) is 13.8. The molecule has 110 valence electrons. The van der Waals surface area contributed by atoms with Crippen LogP contribution < -0.4 is 5.32 Å². The van der Waals surface area contributed by atoms with Crippen molar-refractivity contribution >= 4 is 29.2 Å². The molecule has 0 radical (unpaired) electrons. The van der Waals surface area contributed by atoms with Crippen LogP contribution >= 0.6 is 23.2 Å². The van der Waals surface area contributed by atoms with E-state index in [0.717, 1.165) is 24.8 Å². The Morgan fingerprint density at radius 1 is 1.35 bits per heavy atom. The lowest BCUT2D eigenvalue weighted by atomic mass is 10.0. The summed E-state index contributed by atoms with van der Waals surface area (Å²) >= 11 is 11.8. The molecule has 1 aliphatic heterocycles. The lowest BCUT2D eigenvalue weighted by molar-refractivity contribution is 0.108. The number of likely N-dealkylation sites (tertiary alicyclic amines) is 1. The quantitative estimate of drug-likeness (QED) is 0.900. The summed E-state index contributed by atoms with van der Waals surface area (Å²) in [6.45, 7) is 1.10. The Kier molecular flexibility index (Phi) is 5.52. The summed E-state index contributed by atoms with van der Waals surface area (Å²) < 4.78 is 0. The molecular weight excluding hydrogens is 299 g/mol. The maximum absolute atomic E-state index is 12.1. The van der Waals surface area contributed by atoms with Gasteiger partial charge in [-0.05, 0) is 37.0 Å². The van der Waals surface area contributed by atoms with Crippen molar-refractivity contribution in [3.8, 4) is 0 Å². The number of carbonyl (C=O) groups excluding carboxylic acids is 1. The number of nitrogens with one attached hydrogen (secondary N) is 1. The van der Waals surface area contributed by atoms with Crippen LogP contribution in [0.1, 0.15) is 24.8 Å². The summed E-state index contributed by atoms with van der Waals surface area (Å²) in [6.07, 6.45) is 2.90. The standard InChI is InChI=1S/C14H18Cl2N2O2/c15-12-5-4-10(7-13(12)16)8-17-14(20)18-6-2-1-3-11(18)9-19/h4-5,7,11,19H,1-3,6,8-9H2,(H,17,20)/t11-/m0/s1.